The Kier molecular flexibility index (Phi) is 7.96. The third-order valence-corrected chi connectivity index (χ3v) is 3.75. The van der Waals surface area contributed by atoms with Crippen LogP contribution in [0.15, 0.2) is 53.5 Å². The molecule has 0 aromatic heterocycles. The van der Waals surface area contributed by atoms with Crippen molar-refractivity contribution in [2.75, 3.05) is 26.7 Å². The van der Waals surface area contributed by atoms with E-state index in [9.17, 15) is 9.90 Å². The lowest BCUT2D eigenvalue weighted by atomic mass is 10.2. The molecule has 0 spiro atoms. The molecule has 0 fully saturated rings. The van der Waals surface area contributed by atoms with Gasteiger partial charge in [0.05, 0.1) is 19.2 Å². The van der Waals surface area contributed by atoms with Gasteiger partial charge in [0.2, 0.25) is 0 Å². The van der Waals surface area contributed by atoms with Crippen LogP contribution in [0.4, 0.5) is 0 Å². The lowest BCUT2D eigenvalue weighted by Gasteiger charge is -2.12. The first-order valence-corrected chi connectivity index (χ1v) is 8.85. The van der Waals surface area contributed by atoms with Crippen LogP contribution in [-0.2, 0) is 6.54 Å². The molecule has 144 valence electrons. The van der Waals surface area contributed by atoms with Crippen LogP contribution in [0, 0.1) is 0 Å². The molecule has 0 unspecified atom stereocenters. The maximum Gasteiger partial charge on any atom is 0.255 e. The summed E-state index contributed by atoms with van der Waals surface area (Å²) in [5.41, 5.74) is 1.30. The normalized spacial score (nSPS) is 11.0. The molecule has 0 bridgehead atoms. The molecule has 2 aromatic carbocycles. The van der Waals surface area contributed by atoms with E-state index in [1.165, 1.54) is 6.07 Å². The van der Waals surface area contributed by atoms with Crippen LogP contribution in [0.1, 0.15) is 22.8 Å². The molecule has 0 aliphatic rings. The van der Waals surface area contributed by atoms with Gasteiger partial charge < -0.3 is 25.8 Å². The summed E-state index contributed by atoms with van der Waals surface area (Å²) in [6.45, 7) is 4.13. The maximum atomic E-state index is 12.1. The molecule has 2 rings (SSSR count). The van der Waals surface area contributed by atoms with Crippen molar-refractivity contribution in [3.63, 3.8) is 0 Å². The molecule has 4 N–H and O–H groups in total. The summed E-state index contributed by atoms with van der Waals surface area (Å²) in [5.74, 6) is 1.12. The van der Waals surface area contributed by atoms with E-state index in [0.29, 0.717) is 25.6 Å². The number of carbonyl (C=O) groups excluding carboxylic acids is 1. The fraction of sp³-hybridized carbons (Fsp3) is 0.300. The Morgan fingerprint density at radius 1 is 1.07 bits per heavy atom. The largest absolute Gasteiger partial charge is 0.507 e. The van der Waals surface area contributed by atoms with Crippen molar-refractivity contribution in [2.24, 2.45) is 4.99 Å². The van der Waals surface area contributed by atoms with E-state index in [0.717, 1.165) is 17.9 Å². The lowest BCUT2D eigenvalue weighted by Crippen LogP contribution is -2.41. The predicted molar refractivity (Wildman–Crippen MR) is 106 cm³/mol. The highest BCUT2D eigenvalue weighted by atomic mass is 16.5. The highest BCUT2D eigenvalue weighted by Gasteiger charge is 2.09. The number of methoxy groups -OCH3 is 1. The molecular formula is C20H26N4O3. The van der Waals surface area contributed by atoms with Crippen LogP contribution in [0.25, 0.3) is 0 Å². The van der Waals surface area contributed by atoms with Gasteiger partial charge in [-0.1, -0.05) is 24.3 Å². The number of hydrogen-bond acceptors (Lipinski definition) is 4. The molecule has 1 amide bonds. The van der Waals surface area contributed by atoms with Gasteiger partial charge >= 0.3 is 0 Å². The third kappa shape index (κ3) is 6.54. The predicted octanol–water partition coefficient (Wildman–Crippen LogP) is 1.89. The summed E-state index contributed by atoms with van der Waals surface area (Å²) in [7, 11) is 1.64. The number of amides is 1. The van der Waals surface area contributed by atoms with Crippen LogP contribution in [-0.4, -0.2) is 43.7 Å². The molecule has 27 heavy (non-hydrogen) atoms. The van der Waals surface area contributed by atoms with Gasteiger partial charge in [0.15, 0.2) is 5.96 Å². The van der Waals surface area contributed by atoms with Crippen LogP contribution >= 0.6 is 0 Å². The number of nitrogens with one attached hydrogen (secondary N) is 3. The fourth-order valence-electron chi connectivity index (χ4n) is 2.40. The summed E-state index contributed by atoms with van der Waals surface area (Å²) in [6, 6.07) is 14.2. The van der Waals surface area contributed by atoms with E-state index < -0.39 is 0 Å². The number of phenols is 1. The van der Waals surface area contributed by atoms with E-state index in [1.807, 2.05) is 31.2 Å². The van der Waals surface area contributed by atoms with Gasteiger partial charge in [-0.05, 0) is 36.8 Å². The summed E-state index contributed by atoms with van der Waals surface area (Å²) in [6.07, 6.45) is 0. The molecule has 0 atom stereocenters. The summed E-state index contributed by atoms with van der Waals surface area (Å²) in [4.78, 5) is 16.6. The van der Waals surface area contributed by atoms with Crippen molar-refractivity contribution >= 4 is 11.9 Å². The summed E-state index contributed by atoms with van der Waals surface area (Å²) >= 11 is 0. The van der Waals surface area contributed by atoms with E-state index >= 15 is 0 Å². The number of para-hydroxylation sites is 1. The lowest BCUT2D eigenvalue weighted by molar-refractivity contribution is 0.0951. The molecule has 0 aliphatic heterocycles. The quantitative estimate of drug-likeness (QED) is 0.323. The first-order chi connectivity index (χ1) is 13.1. The summed E-state index contributed by atoms with van der Waals surface area (Å²) in [5, 5.41) is 18.8. The van der Waals surface area contributed by atoms with E-state index in [4.69, 9.17) is 4.74 Å². The number of aliphatic imine (C=N–C) groups is 1. The molecule has 0 saturated carbocycles. The van der Waals surface area contributed by atoms with Crippen molar-refractivity contribution in [3.05, 3.63) is 59.7 Å². The second-order valence-electron chi connectivity index (χ2n) is 5.75. The third-order valence-electron chi connectivity index (χ3n) is 3.75. The van der Waals surface area contributed by atoms with Gasteiger partial charge in [0.1, 0.15) is 11.5 Å². The Hall–Kier alpha value is -3.22. The van der Waals surface area contributed by atoms with Crippen molar-refractivity contribution in [2.45, 2.75) is 13.5 Å². The van der Waals surface area contributed by atoms with E-state index in [2.05, 4.69) is 20.9 Å². The van der Waals surface area contributed by atoms with Gasteiger partial charge in [0.25, 0.3) is 5.91 Å². The van der Waals surface area contributed by atoms with Crippen molar-refractivity contribution in [3.8, 4) is 11.5 Å². The Morgan fingerprint density at radius 3 is 2.59 bits per heavy atom. The second-order valence-corrected chi connectivity index (χ2v) is 5.75. The monoisotopic (exact) mass is 370 g/mol. The van der Waals surface area contributed by atoms with Crippen LogP contribution in [0.3, 0.4) is 0 Å². The van der Waals surface area contributed by atoms with Crippen molar-refractivity contribution < 1.29 is 14.6 Å². The van der Waals surface area contributed by atoms with E-state index in [-0.39, 0.29) is 17.2 Å². The minimum Gasteiger partial charge on any atom is -0.507 e. The zero-order valence-corrected chi connectivity index (χ0v) is 15.7. The Labute approximate surface area is 159 Å². The highest BCUT2D eigenvalue weighted by molar-refractivity contribution is 5.96. The second kappa shape index (κ2) is 10.7. The first-order valence-electron chi connectivity index (χ1n) is 8.85. The molecule has 2 aromatic rings. The highest BCUT2D eigenvalue weighted by Crippen LogP contribution is 2.15. The topological polar surface area (TPSA) is 95.0 Å². The number of ether oxygens (including phenoxy) is 1. The molecule has 7 heteroatoms. The van der Waals surface area contributed by atoms with Crippen LogP contribution in [0.5, 0.6) is 11.5 Å². The standard InChI is InChI=1S/C20H26N4O3/c1-3-21-20(24-14-15-7-6-8-16(13-15)27-2)23-12-11-22-19(26)17-9-4-5-10-18(17)25/h4-10,13,25H,3,11-12,14H2,1-2H3,(H,22,26)(H2,21,23,24). The Bertz CT molecular complexity index is 777. The van der Waals surface area contributed by atoms with Crippen molar-refractivity contribution in [1.82, 2.24) is 16.0 Å². The molecule has 0 radical (unpaired) electrons. The van der Waals surface area contributed by atoms with Gasteiger partial charge in [-0.15, -0.1) is 0 Å². The minimum atomic E-state index is -0.312. The minimum absolute atomic E-state index is 0.0313. The Morgan fingerprint density at radius 2 is 1.85 bits per heavy atom. The number of benzene rings is 2. The van der Waals surface area contributed by atoms with Crippen LogP contribution < -0.4 is 20.7 Å². The number of aromatic hydroxyl groups is 1. The molecular weight excluding hydrogens is 344 g/mol. The number of nitrogens with zero attached hydrogens (tertiary/aromatic N) is 1. The maximum absolute atomic E-state index is 12.1. The van der Waals surface area contributed by atoms with Gasteiger partial charge in [-0.3, -0.25) is 4.79 Å². The fourth-order valence-corrected chi connectivity index (χ4v) is 2.40. The van der Waals surface area contributed by atoms with Gasteiger partial charge in [-0.2, -0.15) is 0 Å². The average Bonchev–Trinajstić information content (AvgIpc) is 2.69. The van der Waals surface area contributed by atoms with E-state index in [1.54, 1.807) is 25.3 Å². The molecule has 0 saturated heterocycles. The zero-order chi connectivity index (χ0) is 19.5. The van der Waals surface area contributed by atoms with Crippen molar-refractivity contribution in [1.29, 1.82) is 0 Å². The number of carbonyl (C=O) groups is 1. The number of phenolic OH excluding ortho intramolecular Hbond substituents is 1. The molecule has 0 aliphatic carbocycles. The number of guanidine groups is 1. The molecule has 7 nitrogen and oxygen atoms in total. The SMILES string of the molecule is CCNC(=NCc1cccc(OC)c1)NCCNC(=O)c1ccccc1O. The number of hydrogen-bond donors (Lipinski definition) is 4. The smallest absolute Gasteiger partial charge is 0.255 e. The van der Waals surface area contributed by atoms with Gasteiger partial charge in [-0.25, -0.2) is 4.99 Å². The van der Waals surface area contributed by atoms with Gasteiger partial charge in [0, 0.05) is 19.6 Å². The molecule has 0 heterocycles. The number of rotatable bonds is 8. The summed E-state index contributed by atoms with van der Waals surface area (Å²) < 4.78 is 5.22. The van der Waals surface area contributed by atoms with Crippen LogP contribution in [0.2, 0.25) is 0 Å². The zero-order valence-electron chi connectivity index (χ0n) is 15.7. The Balaban J connectivity index is 1.83. The first kappa shape index (κ1) is 20.1. The average molecular weight is 370 g/mol.